The van der Waals surface area contributed by atoms with E-state index >= 15 is 0 Å². The van der Waals surface area contributed by atoms with Crippen LogP contribution in [0.5, 0.6) is 0 Å². The molecule has 1 atom stereocenters. The molecule has 2 saturated heterocycles. The molecule has 0 aromatic heterocycles. The minimum absolute atomic E-state index is 0.160. The number of carbonyl (C=O) groups excluding carboxylic acids is 1. The van der Waals surface area contributed by atoms with Gasteiger partial charge in [-0.05, 0) is 33.4 Å². The van der Waals surface area contributed by atoms with Gasteiger partial charge >= 0.3 is 0 Å². The molecule has 1 spiro atoms. The van der Waals surface area contributed by atoms with Gasteiger partial charge in [0, 0.05) is 31.7 Å². The topological polar surface area (TPSA) is 32.8 Å². The van der Waals surface area contributed by atoms with Gasteiger partial charge in [-0.25, -0.2) is 0 Å². The van der Waals surface area contributed by atoms with Gasteiger partial charge in [-0.2, -0.15) is 0 Å². The fraction of sp³-hybridized carbons (Fsp3) is 0.917. The van der Waals surface area contributed by atoms with Crippen molar-refractivity contribution in [2.75, 3.05) is 46.4 Å². The molecule has 0 aromatic rings. The number of carbonyl (C=O) groups is 1. The summed E-state index contributed by atoms with van der Waals surface area (Å²) in [5.41, 5.74) is 0.386. The van der Waals surface area contributed by atoms with Crippen LogP contribution < -0.4 is 0 Å². The standard InChI is InChI=1S/C12H22N2O2/c1-3-16-8-11(15)14-7-5-12(10-14)4-6-13(2)9-12/h3-10H2,1-2H3/t12-/m1/s1. The molecule has 16 heavy (non-hydrogen) atoms. The number of rotatable bonds is 3. The lowest BCUT2D eigenvalue weighted by atomic mass is 9.86. The molecule has 0 N–H and O–H groups in total. The van der Waals surface area contributed by atoms with E-state index in [0.717, 1.165) is 26.1 Å². The third-order valence-electron chi connectivity index (χ3n) is 3.85. The average molecular weight is 226 g/mol. The van der Waals surface area contributed by atoms with Gasteiger partial charge in [0.25, 0.3) is 0 Å². The lowest BCUT2D eigenvalue weighted by Crippen LogP contribution is -2.35. The Kier molecular flexibility index (Phi) is 3.50. The van der Waals surface area contributed by atoms with Crippen LogP contribution in [0.3, 0.4) is 0 Å². The maximum absolute atomic E-state index is 11.8. The molecular formula is C12H22N2O2. The molecule has 0 aliphatic carbocycles. The highest BCUT2D eigenvalue weighted by Crippen LogP contribution is 2.38. The van der Waals surface area contributed by atoms with Crippen molar-refractivity contribution in [3.05, 3.63) is 0 Å². The Labute approximate surface area is 97.5 Å². The van der Waals surface area contributed by atoms with Crippen molar-refractivity contribution in [3.63, 3.8) is 0 Å². The van der Waals surface area contributed by atoms with Gasteiger partial charge < -0.3 is 14.5 Å². The summed E-state index contributed by atoms with van der Waals surface area (Å²) in [4.78, 5) is 16.2. The molecule has 0 radical (unpaired) electrons. The van der Waals surface area contributed by atoms with E-state index in [-0.39, 0.29) is 12.5 Å². The third-order valence-corrected chi connectivity index (χ3v) is 3.85. The second kappa shape index (κ2) is 4.72. The van der Waals surface area contributed by atoms with Crippen LogP contribution in [0, 0.1) is 5.41 Å². The first-order valence-electron chi connectivity index (χ1n) is 6.19. The van der Waals surface area contributed by atoms with Crippen LogP contribution >= 0.6 is 0 Å². The number of nitrogens with zero attached hydrogens (tertiary/aromatic N) is 2. The highest BCUT2D eigenvalue weighted by atomic mass is 16.5. The van der Waals surface area contributed by atoms with Crippen molar-refractivity contribution in [1.29, 1.82) is 0 Å². The van der Waals surface area contributed by atoms with Gasteiger partial charge in [-0.3, -0.25) is 4.79 Å². The summed E-state index contributed by atoms with van der Waals surface area (Å²) in [6.07, 6.45) is 2.40. The predicted molar refractivity (Wildman–Crippen MR) is 62.2 cm³/mol. The average Bonchev–Trinajstić information content (AvgIpc) is 2.83. The molecule has 4 nitrogen and oxygen atoms in total. The van der Waals surface area contributed by atoms with E-state index < -0.39 is 0 Å². The Hall–Kier alpha value is -0.610. The minimum Gasteiger partial charge on any atom is -0.372 e. The smallest absolute Gasteiger partial charge is 0.248 e. The van der Waals surface area contributed by atoms with Gasteiger partial charge in [0.2, 0.25) is 5.91 Å². The van der Waals surface area contributed by atoms with E-state index in [0.29, 0.717) is 12.0 Å². The largest absolute Gasteiger partial charge is 0.372 e. The van der Waals surface area contributed by atoms with E-state index in [4.69, 9.17) is 4.74 Å². The first-order valence-corrected chi connectivity index (χ1v) is 6.19. The second-order valence-corrected chi connectivity index (χ2v) is 5.19. The van der Waals surface area contributed by atoms with Crippen molar-refractivity contribution in [1.82, 2.24) is 9.80 Å². The van der Waals surface area contributed by atoms with Crippen LogP contribution in [-0.2, 0) is 9.53 Å². The van der Waals surface area contributed by atoms with Crippen LogP contribution in [0.25, 0.3) is 0 Å². The summed E-state index contributed by atoms with van der Waals surface area (Å²) in [6.45, 7) is 6.96. The van der Waals surface area contributed by atoms with E-state index in [1.165, 1.54) is 13.0 Å². The summed E-state index contributed by atoms with van der Waals surface area (Å²) in [5, 5.41) is 0. The molecule has 1 amide bonds. The van der Waals surface area contributed by atoms with E-state index in [1.807, 2.05) is 11.8 Å². The quantitative estimate of drug-likeness (QED) is 0.705. The molecular weight excluding hydrogens is 204 g/mol. The van der Waals surface area contributed by atoms with Crippen LogP contribution in [0.4, 0.5) is 0 Å². The van der Waals surface area contributed by atoms with Crippen LogP contribution in [-0.4, -0.2) is 62.1 Å². The summed E-state index contributed by atoms with van der Waals surface area (Å²) in [5.74, 6) is 0.160. The monoisotopic (exact) mass is 226 g/mol. The molecule has 92 valence electrons. The zero-order valence-corrected chi connectivity index (χ0v) is 10.4. The molecule has 2 aliphatic rings. The van der Waals surface area contributed by atoms with Crippen LogP contribution in [0.2, 0.25) is 0 Å². The Bertz CT molecular complexity index is 270. The summed E-state index contributed by atoms with van der Waals surface area (Å²) in [7, 11) is 2.17. The third kappa shape index (κ3) is 2.38. The predicted octanol–water partition coefficient (Wildman–Crippen LogP) is 0.577. The zero-order valence-electron chi connectivity index (χ0n) is 10.4. The second-order valence-electron chi connectivity index (χ2n) is 5.19. The van der Waals surface area contributed by atoms with E-state index in [9.17, 15) is 4.79 Å². The van der Waals surface area contributed by atoms with Crippen molar-refractivity contribution >= 4 is 5.91 Å². The van der Waals surface area contributed by atoms with Gasteiger partial charge in [-0.15, -0.1) is 0 Å². The van der Waals surface area contributed by atoms with Crippen molar-refractivity contribution in [2.24, 2.45) is 5.41 Å². The number of hydrogen-bond donors (Lipinski definition) is 0. The van der Waals surface area contributed by atoms with Gasteiger partial charge in [0.1, 0.15) is 6.61 Å². The number of amides is 1. The van der Waals surface area contributed by atoms with Gasteiger partial charge in [0.15, 0.2) is 0 Å². The normalized spacial score (nSPS) is 30.5. The Morgan fingerprint density at radius 1 is 1.31 bits per heavy atom. The lowest BCUT2D eigenvalue weighted by molar-refractivity contribution is -0.135. The molecule has 0 unspecified atom stereocenters. The highest BCUT2D eigenvalue weighted by Gasteiger charge is 2.43. The molecule has 2 heterocycles. The van der Waals surface area contributed by atoms with Crippen LogP contribution in [0.1, 0.15) is 19.8 Å². The molecule has 2 fully saturated rings. The maximum atomic E-state index is 11.8. The molecule has 2 aliphatic heterocycles. The van der Waals surface area contributed by atoms with Crippen molar-refractivity contribution in [3.8, 4) is 0 Å². The molecule has 4 heteroatoms. The SMILES string of the molecule is CCOCC(=O)N1CC[C@@]2(CCN(C)C2)C1. The lowest BCUT2D eigenvalue weighted by Gasteiger charge is -2.23. The summed E-state index contributed by atoms with van der Waals surface area (Å²) >= 11 is 0. The Morgan fingerprint density at radius 2 is 2.06 bits per heavy atom. The minimum atomic E-state index is 0.160. The molecule has 0 bridgehead atoms. The number of hydrogen-bond acceptors (Lipinski definition) is 3. The fourth-order valence-electron chi connectivity index (χ4n) is 2.92. The Morgan fingerprint density at radius 3 is 2.69 bits per heavy atom. The Balaban J connectivity index is 1.85. The van der Waals surface area contributed by atoms with Gasteiger partial charge in [0.05, 0.1) is 0 Å². The first kappa shape index (κ1) is 11.9. The van der Waals surface area contributed by atoms with E-state index in [1.54, 1.807) is 0 Å². The number of likely N-dealkylation sites (tertiary alicyclic amines) is 2. The zero-order chi connectivity index (χ0) is 11.6. The molecule has 2 rings (SSSR count). The summed E-state index contributed by atoms with van der Waals surface area (Å²) in [6, 6.07) is 0. The first-order chi connectivity index (χ1) is 7.65. The van der Waals surface area contributed by atoms with Crippen LogP contribution in [0.15, 0.2) is 0 Å². The van der Waals surface area contributed by atoms with E-state index in [2.05, 4.69) is 11.9 Å². The fourth-order valence-corrected chi connectivity index (χ4v) is 2.92. The van der Waals surface area contributed by atoms with Crippen molar-refractivity contribution in [2.45, 2.75) is 19.8 Å². The maximum Gasteiger partial charge on any atom is 0.248 e. The number of ether oxygens (including phenoxy) is 1. The molecule has 0 aromatic carbocycles. The van der Waals surface area contributed by atoms with Crippen molar-refractivity contribution < 1.29 is 9.53 Å². The summed E-state index contributed by atoms with van der Waals surface area (Å²) < 4.78 is 5.18. The van der Waals surface area contributed by atoms with Gasteiger partial charge in [-0.1, -0.05) is 0 Å². The molecule has 0 saturated carbocycles. The highest BCUT2D eigenvalue weighted by molar-refractivity contribution is 5.77.